The molecule has 0 saturated heterocycles. The van der Waals surface area contributed by atoms with Crippen LogP contribution in [-0.4, -0.2) is 60.0 Å². The van der Waals surface area contributed by atoms with Crippen LogP contribution in [0.1, 0.15) is 22.8 Å². The number of hydrogen-bond donors (Lipinski definition) is 3. The smallest absolute Gasteiger partial charge is 0.340 e. The second kappa shape index (κ2) is 9.99. The number of rotatable bonds is 7. The molecule has 3 N–H and O–H groups in total. The minimum atomic E-state index is -1.15. The Morgan fingerprint density at radius 1 is 1.29 bits per heavy atom. The molecule has 0 atom stereocenters. The summed E-state index contributed by atoms with van der Waals surface area (Å²) < 4.78 is 12.5. The summed E-state index contributed by atoms with van der Waals surface area (Å²) >= 11 is 6.02. The van der Waals surface area contributed by atoms with E-state index in [0.717, 1.165) is 0 Å². The van der Waals surface area contributed by atoms with Gasteiger partial charge in [0.15, 0.2) is 0 Å². The molecule has 0 unspecified atom stereocenters. The van der Waals surface area contributed by atoms with Crippen molar-refractivity contribution < 1.29 is 29.3 Å². The molecule has 8 nitrogen and oxygen atoms in total. The molecule has 1 aromatic rings. The molecule has 11 heteroatoms. The van der Waals surface area contributed by atoms with Crippen molar-refractivity contribution in [2.24, 2.45) is 4.99 Å². The van der Waals surface area contributed by atoms with Crippen molar-refractivity contribution in [3.8, 4) is 0 Å². The van der Waals surface area contributed by atoms with Crippen molar-refractivity contribution in [3.63, 3.8) is 0 Å². The van der Waals surface area contributed by atoms with Gasteiger partial charge >= 0.3 is 5.97 Å². The van der Waals surface area contributed by atoms with E-state index in [4.69, 9.17) is 9.47 Å². The van der Waals surface area contributed by atoms with E-state index in [1.165, 1.54) is 13.0 Å². The molecule has 0 aromatic heterocycles. The van der Waals surface area contributed by atoms with Crippen LogP contribution in [0.3, 0.4) is 0 Å². The van der Waals surface area contributed by atoms with Gasteiger partial charge < -0.3 is 25.0 Å². The molecule has 1 heterocycles. The Balaban J connectivity index is 2.73. The summed E-state index contributed by atoms with van der Waals surface area (Å²) in [6, 6.07) is 0. The highest BCUT2D eigenvalue weighted by molar-refractivity contribution is 14.1. The molecule has 0 saturated carbocycles. The van der Waals surface area contributed by atoms with Gasteiger partial charge in [-0.05, 0) is 67.8 Å². The number of benzene rings is 1. The van der Waals surface area contributed by atoms with Crippen molar-refractivity contribution in [2.45, 2.75) is 12.5 Å². The SMILES string of the molecule is C=CCOC(=O)c1c(I)c(NC(C)=O)c(I)c(C2=NC(CO)(CO)CO2)c1I. The topological polar surface area (TPSA) is 117 Å². The van der Waals surface area contributed by atoms with Gasteiger partial charge in [0, 0.05) is 10.5 Å². The second-order valence-corrected chi connectivity index (χ2v) is 9.12. The first-order valence-electron chi connectivity index (χ1n) is 7.92. The van der Waals surface area contributed by atoms with Crippen LogP contribution < -0.4 is 5.32 Å². The highest BCUT2D eigenvalue weighted by Crippen LogP contribution is 2.38. The molecule has 0 bridgehead atoms. The first-order chi connectivity index (χ1) is 13.2. The van der Waals surface area contributed by atoms with E-state index < -0.39 is 24.7 Å². The summed E-state index contributed by atoms with van der Waals surface area (Å²) in [5.41, 5.74) is 0.0347. The van der Waals surface area contributed by atoms with E-state index >= 15 is 0 Å². The van der Waals surface area contributed by atoms with Crippen LogP contribution in [0.2, 0.25) is 0 Å². The van der Waals surface area contributed by atoms with Crippen LogP contribution >= 0.6 is 67.8 Å². The number of hydrogen-bond acceptors (Lipinski definition) is 7. The van der Waals surface area contributed by atoms with Gasteiger partial charge in [-0.1, -0.05) is 12.7 Å². The maximum atomic E-state index is 12.6. The van der Waals surface area contributed by atoms with Crippen molar-refractivity contribution in [1.82, 2.24) is 0 Å². The van der Waals surface area contributed by atoms with E-state index in [9.17, 15) is 19.8 Å². The largest absolute Gasteiger partial charge is 0.475 e. The Kier molecular flexibility index (Phi) is 8.48. The quantitative estimate of drug-likeness (QED) is 0.226. The van der Waals surface area contributed by atoms with E-state index in [0.29, 0.717) is 22.0 Å². The number of anilines is 1. The Hall–Kier alpha value is -0.520. The average Bonchev–Trinajstić information content (AvgIpc) is 3.08. The summed E-state index contributed by atoms with van der Waals surface area (Å²) in [5.74, 6) is -0.701. The van der Waals surface area contributed by atoms with Gasteiger partial charge in [-0.2, -0.15) is 0 Å². The number of aliphatic hydroxyl groups is 2. The zero-order chi connectivity index (χ0) is 21.1. The lowest BCUT2D eigenvalue weighted by Crippen LogP contribution is -2.37. The minimum Gasteiger partial charge on any atom is -0.475 e. The molecular formula is C17H17I3N2O6. The van der Waals surface area contributed by atoms with Crippen molar-refractivity contribution in [3.05, 3.63) is 34.5 Å². The molecule has 1 aromatic carbocycles. The number of ether oxygens (including phenoxy) is 2. The van der Waals surface area contributed by atoms with Crippen LogP contribution in [0.4, 0.5) is 5.69 Å². The highest BCUT2D eigenvalue weighted by atomic mass is 127. The van der Waals surface area contributed by atoms with Gasteiger partial charge in [0.05, 0.1) is 37.2 Å². The van der Waals surface area contributed by atoms with E-state index in [2.05, 4.69) is 16.9 Å². The molecule has 0 fully saturated rings. The van der Waals surface area contributed by atoms with E-state index in [1.54, 1.807) is 0 Å². The predicted molar refractivity (Wildman–Crippen MR) is 129 cm³/mol. The molecule has 1 amide bonds. The molecule has 28 heavy (non-hydrogen) atoms. The van der Waals surface area contributed by atoms with Gasteiger partial charge in [-0.15, -0.1) is 0 Å². The summed E-state index contributed by atoms with van der Waals surface area (Å²) in [5, 5.41) is 21.9. The minimum absolute atomic E-state index is 0.000800. The van der Waals surface area contributed by atoms with Crippen LogP contribution in [-0.2, 0) is 14.3 Å². The number of nitrogens with zero attached hydrogens (tertiary/aromatic N) is 1. The number of amides is 1. The zero-order valence-electron chi connectivity index (χ0n) is 14.7. The molecule has 2 rings (SSSR count). The Labute approximate surface area is 202 Å². The lowest BCUT2D eigenvalue weighted by molar-refractivity contribution is -0.114. The number of carbonyl (C=O) groups is 2. The third-order valence-corrected chi connectivity index (χ3v) is 7.01. The van der Waals surface area contributed by atoms with Gasteiger partial charge in [-0.25, -0.2) is 9.79 Å². The van der Waals surface area contributed by atoms with Gasteiger partial charge in [0.1, 0.15) is 18.8 Å². The fourth-order valence-corrected chi connectivity index (χ4v) is 6.68. The molecule has 152 valence electrons. The third-order valence-electron chi connectivity index (χ3n) is 3.77. The number of halogens is 3. The van der Waals surface area contributed by atoms with Crippen LogP contribution in [0, 0.1) is 10.7 Å². The Morgan fingerprint density at radius 2 is 1.93 bits per heavy atom. The van der Waals surface area contributed by atoms with Gasteiger partial charge in [0.25, 0.3) is 0 Å². The molecular weight excluding hydrogens is 709 g/mol. The van der Waals surface area contributed by atoms with E-state index in [-0.39, 0.29) is 30.6 Å². The molecule has 0 aliphatic carbocycles. The molecule has 0 spiro atoms. The number of aliphatic hydroxyl groups excluding tert-OH is 2. The van der Waals surface area contributed by atoms with Gasteiger partial charge in [-0.3, -0.25) is 4.79 Å². The van der Waals surface area contributed by atoms with Crippen LogP contribution in [0.25, 0.3) is 0 Å². The maximum absolute atomic E-state index is 12.6. The molecule has 1 aliphatic rings. The molecule has 1 aliphatic heterocycles. The van der Waals surface area contributed by atoms with E-state index in [1.807, 2.05) is 67.8 Å². The number of nitrogens with one attached hydrogen (secondary N) is 1. The lowest BCUT2D eigenvalue weighted by Gasteiger charge is -2.18. The summed E-state index contributed by atoms with van der Waals surface area (Å²) in [6.07, 6.45) is 1.46. The monoisotopic (exact) mass is 726 g/mol. The highest BCUT2D eigenvalue weighted by Gasteiger charge is 2.39. The summed E-state index contributed by atoms with van der Waals surface area (Å²) in [4.78, 5) is 28.7. The lowest BCUT2D eigenvalue weighted by atomic mass is 10.1. The fraction of sp³-hybridized carbons (Fsp3) is 0.353. The predicted octanol–water partition coefficient (Wildman–Crippen LogP) is 2.30. The number of aliphatic imine (C=N–C) groups is 1. The van der Waals surface area contributed by atoms with Crippen LogP contribution in [0.5, 0.6) is 0 Å². The summed E-state index contributed by atoms with van der Waals surface area (Å²) in [7, 11) is 0. The zero-order valence-corrected chi connectivity index (χ0v) is 21.2. The van der Waals surface area contributed by atoms with Crippen molar-refractivity contribution in [1.29, 1.82) is 0 Å². The Bertz CT molecular complexity index is 852. The summed E-state index contributed by atoms with van der Waals surface area (Å²) in [6.45, 7) is 4.15. The standard InChI is InChI=1S/C17H17I3N2O6/c1-3-4-27-16(26)10-11(18)9(12(19)14(13(10)20)21-8(2)25)15-22-17(5-23,6-24)7-28-15/h3,23-24H,1,4-7H2,2H3,(H,21,25). The maximum Gasteiger partial charge on any atom is 0.340 e. The number of carbonyl (C=O) groups excluding carboxylic acids is 2. The van der Waals surface area contributed by atoms with Crippen molar-refractivity contribution in [2.75, 3.05) is 31.7 Å². The van der Waals surface area contributed by atoms with Crippen LogP contribution in [0.15, 0.2) is 17.6 Å². The first-order valence-corrected chi connectivity index (χ1v) is 11.2. The van der Waals surface area contributed by atoms with Gasteiger partial charge in [0.2, 0.25) is 11.8 Å². The van der Waals surface area contributed by atoms with Crippen molar-refractivity contribution >= 4 is 91.2 Å². The number of esters is 1. The Morgan fingerprint density at radius 3 is 2.43 bits per heavy atom. The normalized spacial score (nSPS) is 14.9. The average molecular weight is 726 g/mol. The second-order valence-electron chi connectivity index (χ2n) is 5.88. The third kappa shape index (κ3) is 4.79. The molecule has 0 radical (unpaired) electrons. The first kappa shape index (κ1) is 23.8. The fourth-order valence-electron chi connectivity index (χ4n) is 2.35.